The molecule has 0 saturated heterocycles. The molecule has 2 atom stereocenters. The fourth-order valence-electron chi connectivity index (χ4n) is 5.25. The molecule has 0 aliphatic rings. The van der Waals surface area contributed by atoms with Gasteiger partial charge in [-0.3, -0.25) is 0 Å². The molecular weight excluding hydrogens is 534 g/mol. The highest BCUT2D eigenvalue weighted by Crippen LogP contribution is 2.27. The van der Waals surface area contributed by atoms with E-state index in [1.54, 1.807) is 37.4 Å². The summed E-state index contributed by atoms with van der Waals surface area (Å²) in [6.07, 6.45) is 2.45. The van der Waals surface area contributed by atoms with Crippen molar-refractivity contribution in [3.05, 3.63) is 125 Å². The molecule has 0 heterocycles. The second-order valence-corrected chi connectivity index (χ2v) is 10.2. The van der Waals surface area contributed by atoms with Crippen molar-refractivity contribution in [2.24, 2.45) is 0 Å². The maximum absolute atomic E-state index is 15.1. The third-order valence-corrected chi connectivity index (χ3v) is 7.53. The van der Waals surface area contributed by atoms with Crippen molar-refractivity contribution in [2.45, 2.75) is 37.8 Å². The van der Waals surface area contributed by atoms with Gasteiger partial charge >= 0.3 is 0 Å². The summed E-state index contributed by atoms with van der Waals surface area (Å²) < 4.78 is 45.9. The summed E-state index contributed by atoms with van der Waals surface area (Å²) in [5.41, 5.74) is 3.47. The molecule has 2 unspecified atom stereocenters. The van der Waals surface area contributed by atoms with E-state index in [1.807, 2.05) is 42.5 Å². The highest BCUT2D eigenvalue weighted by Gasteiger charge is 2.24. The van der Waals surface area contributed by atoms with E-state index in [2.05, 4.69) is 28.8 Å². The van der Waals surface area contributed by atoms with E-state index in [9.17, 15) is 4.39 Å². The van der Waals surface area contributed by atoms with Crippen LogP contribution in [0.25, 0.3) is 0 Å². The zero-order valence-electron chi connectivity index (χ0n) is 24.5. The number of aryl methyl sites for hydroxylation is 1. The molecule has 7 heteroatoms. The van der Waals surface area contributed by atoms with Crippen molar-refractivity contribution in [1.82, 2.24) is 10.6 Å². The normalized spacial score (nSPS) is 12.5. The van der Waals surface area contributed by atoms with Crippen LogP contribution < -0.4 is 24.8 Å². The Morgan fingerprint density at radius 1 is 0.619 bits per heavy atom. The van der Waals surface area contributed by atoms with Crippen molar-refractivity contribution < 1.29 is 23.0 Å². The molecule has 0 fully saturated rings. The average Bonchev–Trinajstić information content (AvgIpc) is 3.03. The van der Waals surface area contributed by atoms with Crippen LogP contribution in [0.2, 0.25) is 0 Å². The van der Waals surface area contributed by atoms with Crippen LogP contribution in [-0.2, 0) is 19.3 Å². The lowest BCUT2D eigenvalue weighted by Gasteiger charge is -2.30. The Morgan fingerprint density at radius 2 is 1.24 bits per heavy atom. The summed E-state index contributed by atoms with van der Waals surface area (Å²) >= 11 is 0. The van der Waals surface area contributed by atoms with Gasteiger partial charge in [0.1, 0.15) is 5.75 Å². The molecule has 0 amide bonds. The fraction of sp³-hybridized carbons (Fsp3) is 0.314. The minimum atomic E-state index is -0.345. The molecule has 42 heavy (non-hydrogen) atoms. The molecule has 0 aliphatic carbocycles. The number of halogens is 2. The summed E-state index contributed by atoms with van der Waals surface area (Å²) in [7, 11) is 4.59. The van der Waals surface area contributed by atoms with Gasteiger partial charge < -0.3 is 24.8 Å². The van der Waals surface area contributed by atoms with E-state index in [0.29, 0.717) is 36.9 Å². The highest BCUT2D eigenvalue weighted by molar-refractivity contribution is 5.34. The number of methoxy groups -OCH3 is 3. The average molecular weight is 575 g/mol. The molecule has 0 bridgehead atoms. The summed E-state index contributed by atoms with van der Waals surface area (Å²) in [5, 5.41) is 7.43. The van der Waals surface area contributed by atoms with Crippen LogP contribution in [0.4, 0.5) is 8.78 Å². The van der Waals surface area contributed by atoms with Gasteiger partial charge in [0.25, 0.3) is 0 Å². The zero-order valence-corrected chi connectivity index (χ0v) is 24.5. The Morgan fingerprint density at radius 3 is 1.88 bits per heavy atom. The first-order valence-corrected chi connectivity index (χ1v) is 14.3. The van der Waals surface area contributed by atoms with Crippen molar-refractivity contribution in [2.75, 3.05) is 34.4 Å². The molecule has 0 saturated carbocycles. The third-order valence-electron chi connectivity index (χ3n) is 7.53. The molecule has 0 spiro atoms. The van der Waals surface area contributed by atoms with E-state index in [4.69, 9.17) is 14.2 Å². The molecule has 4 aromatic rings. The van der Waals surface area contributed by atoms with Crippen molar-refractivity contribution in [1.29, 1.82) is 0 Å². The molecule has 5 nitrogen and oxygen atoms in total. The second-order valence-electron chi connectivity index (χ2n) is 10.2. The van der Waals surface area contributed by atoms with E-state index >= 15 is 4.39 Å². The molecule has 4 aromatic carbocycles. The molecule has 222 valence electrons. The monoisotopic (exact) mass is 574 g/mol. The van der Waals surface area contributed by atoms with Crippen LogP contribution in [0.1, 0.15) is 34.7 Å². The predicted molar refractivity (Wildman–Crippen MR) is 164 cm³/mol. The minimum Gasteiger partial charge on any atom is -0.497 e. The van der Waals surface area contributed by atoms with E-state index < -0.39 is 0 Å². The quantitative estimate of drug-likeness (QED) is 0.156. The first-order chi connectivity index (χ1) is 20.5. The molecule has 0 aromatic heterocycles. The summed E-state index contributed by atoms with van der Waals surface area (Å²) in [5.74, 6) is 0.540. The third kappa shape index (κ3) is 8.30. The fourth-order valence-corrected chi connectivity index (χ4v) is 5.25. The Hall–Kier alpha value is -3.94. The standard InChI is InChI=1S/C35H40F2N2O3/c1-40-29-15-7-14-28(24-29)35(39-22-20-25-10-5-4-6-11-25)30(19-18-26-12-8-16-31(41-2)33(26)36)38-23-21-27-13-9-17-32(42-3)34(27)37/h4-17,24,30,35,38-39H,18-23H2,1-3H3. The van der Waals surface area contributed by atoms with Gasteiger partial charge in [-0.05, 0) is 85.3 Å². The first-order valence-electron chi connectivity index (χ1n) is 14.3. The smallest absolute Gasteiger partial charge is 0.168 e. The van der Waals surface area contributed by atoms with Crippen LogP contribution in [0.15, 0.2) is 91.0 Å². The van der Waals surface area contributed by atoms with Gasteiger partial charge in [-0.1, -0.05) is 66.7 Å². The van der Waals surface area contributed by atoms with E-state index in [1.165, 1.54) is 19.8 Å². The lowest BCUT2D eigenvalue weighted by molar-refractivity contribution is 0.352. The summed E-state index contributed by atoms with van der Waals surface area (Å²) in [4.78, 5) is 0. The molecule has 4 rings (SSSR count). The number of benzene rings is 4. The minimum absolute atomic E-state index is 0.104. The van der Waals surface area contributed by atoms with Gasteiger partial charge in [0, 0.05) is 12.1 Å². The summed E-state index contributed by atoms with van der Waals surface area (Å²) in [6.45, 7) is 1.26. The van der Waals surface area contributed by atoms with Crippen LogP contribution in [0.3, 0.4) is 0 Å². The predicted octanol–water partition coefficient (Wildman–Crippen LogP) is 6.70. The topological polar surface area (TPSA) is 51.8 Å². The van der Waals surface area contributed by atoms with Gasteiger partial charge in [0.15, 0.2) is 23.1 Å². The molecular formula is C35H40F2N2O3. The number of hydrogen-bond donors (Lipinski definition) is 2. The lowest BCUT2D eigenvalue weighted by atomic mass is 9.93. The van der Waals surface area contributed by atoms with Gasteiger partial charge in [0.05, 0.1) is 21.3 Å². The van der Waals surface area contributed by atoms with Gasteiger partial charge in [-0.25, -0.2) is 8.78 Å². The molecule has 2 N–H and O–H groups in total. The second kappa shape index (κ2) is 15.9. The zero-order chi connectivity index (χ0) is 29.7. The summed E-state index contributed by atoms with van der Waals surface area (Å²) in [6, 6.07) is 28.5. The SMILES string of the molecule is COc1cccc(C(NCCc2ccccc2)C(CCc2cccc(OC)c2F)NCCc2cccc(OC)c2F)c1. The van der Waals surface area contributed by atoms with Crippen molar-refractivity contribution >= 4 is 0 Å². The Balaban J connectivity index is 1.59. The number of nitrogens with one attached hydrogen (secondary N) is 2. The Bertz CT molecular complexity index is 1400. The van der Waals surface area contributed by atoms with E-state index in [-0.39, 0.29) is 35.2 Å². The van der Waals surface area contributed by atoms with Crippen LogP contribution in [-0.4, -0.2) is 40.5 Å². The number of rotatable bonds is 16. The largest absolute Gasteiger partial charge is 0.497 e. The Kier molecular flexibility index (Phi) is 11.7. The van der Waals surface area contributed by atoms with Crippen LogP contribution >= 0.6 is 0 Å². The highest BCUT2D eigenvalue weighted by atomic mass is 19.1. The van der Waals surface area contributed by atoms with E-state index in [0.717, 1.165) is 24.3 Å². The molecule has 0 radical (unpaired) electrons. The van der Waals surface area contributed by atoms with Gasteiger partial charge in [0.2, 0.25) is 0 Å². The van der Waals surface area contributed by atoms with Crippen LogP contribution in [0, 0.1) is 11.6 Å². The molecule has 0 aliphatic heterocycles. The van der Waals surface area contributed by atoms with Gasteiger partial charge in [-0.15, -0.1) is 0 Å². The lowest BCUT2D eigenvalue weighted by Crippen LogP contribution is -2.43. The maximum Gasteiger partial charge on any atom is 0.168 e. The van der Waals surface area contributed by atoms with Crippen molar-refractivity contribution in [3.63, 3.8) is 0 Å². The van der Waals surface area contributed by atoms with Crippen molar-refractivity contribution in [3.8, 4) is 17.2 Å². The van der Waals surface area contributed by atoms with Gasteiger partial charge in [-0.2, -0.15) is 0 Å². The number of hydrogen-bond acceptors (Lipinski definition) is 5. The van der Waals surface area contributed by atoms with Crippen LogP contribution in [0.5, 0.6) is 17.2 Å². The Labute approximate surface area is 247 Å². The first kappa shape index (κ1) is 31.0. The maximum atomic E-state index is 15.1. The number of ether oxygens (including phenoxy) is 3.